The zero-order valence-corrected chi connectivity index (χ0v) is 16.4. The number of pyridine rings is 1. The minimum absolute atomic E-state index is 0.190. The van der Waals surface area contributed by atoms with E-state index in [2.05, 4.69) is 30.8 Å². The molecule has 1 N–H and O–H groups in total. The van der Waals surface area contributed by atoms with Crippen molar-refractivity contribution in [3.63, 3.8) is 0 Å². The number of nitrogens with one attached hydrogen (secondary N) is 1. The number of fused-ring (bicyclic) bond motifs is 1. The molecule has 7 nitrogen and oxygen atoms in total. The number of piperazine rings is 1. The van der Waals surface area contributed by atoms with Gasteiger partial charge < -0.3 is 9.88 Å². The zero-order chi connectivity index (χ0) is 19.1. The van der Waals surface area contributed by atoms with Crippen molar-refractivity contribution in [3.05, 3.63) is 42.6 Å². The number of anilines is 1. The smallest absolute Gasteiger partial charge is 0.151 e. The molecule has 28 heavy (non-hydrogen) atoms. The number of benzene rings is 1. The Labute approximate surface area is 164 Å². The van der Waals surface area contributed by atoms with Crippen LogP contribution in [0.2, 0.25) is 0 Å². The Morgan fingerprint density at radius 2 is 1.86 bits per heavy atom. The summed E-state index contributed by atoms with van der Waals surface area (Å²) in [5.41, 5.74) is 2.94. The maximum atomic E-state index is 11.7. The highest BCUT2D eigenvalue weighted by molar-refractivity contribution is 7.91. The summed E-state index contributed by atoms with van der Waals surface area (Å²) >= 11 is 0. The first-order valence-corrected chi connectivity index (χ1v) is 11.5. The molecule has 4 heterocycles. The molecule has 2 saturated heterocycles. The van der Waals surface area contributed by atoms with Crippen LogP contribution in [0, 0.1) is 0 Å². The van der Waals surface area contributed by atoms with Crippen LogP contribution in [0.5, 0.6) is 0 Å². The summed E-state index contributed by atoms with van der Waals surface area (Å²) in [5, 5.41) is 0. The lowest BCUT2D eigenvalue weighted by Gasteiger charge is -2.38. The highest BCUT2D eigenvalue weighted by atomic mass is 32.2. The van der Waals surface area contributed by atoms with Gasteiger partial charge in [0, 0.05) is 44.0 Å². The standard InChI is InChI=1S/C20H23N5O2S/c26-28(27)12-7-16(14-28)24-8-10-25(11-9-24)19-6-5-15(13-21-19)20-22-17-3-1-2-4-18(17)23-20/h1-6,13,16H,7-12,14H2,(H,22,23). The summed E-state index contributed by atoms with van der Waals surface area (Å²) in [7, 11) is -2.83. The minimum atomic E-state index is -2.83. The molecule has 0 radical (unpaired) electrons. The second-order valence-electron chi connectivity index (χ2n) is 7.59. The van der Waals surface area contributed by atoms with Crippen LogP contribution in [-0.4, -0.2) is 72.0 Å². The number of nitrogens with zero attached hydrogens (tertiary/aromatic N) is 4. The van der Waals surface area contributed by atoms with Crippen LogP contribution in [0.1, 0.15) is 6.42 Å². The number of para-hydroxylation sites is 2. The Kier molecular flexibility index (Phi) is 4.32. The number of hydrogen-bond acceptors (Lipinski definition) is 6. The first-order chi connectivity index (χ1) is 13.6. The second kappa shape index (κ2) is 6.86. The summed E-state index contributed by atoms with van der Waals surface area (Å²) < 4.78 is 23.4. The van der Waals surface area contributed by atoms with Crippen molar-refractivity contribution in [2.24, 2.45) is 0 Å². The molecule has 2 aliphatic rings. The predicted molar refractivity (Wildman–Crippen MR) is 110 cm³/mol. The van der Waals surface area contributed by atoms with Crippen molar-refractivity contribution >= 4 is 26.7 Å². The lowest BCUT2D eigenvalue weighted by atomic mass is 10.2. The molecule has 2 fully saturated rings. The van der Waals surface area contributed by atoms with E-state index in [-0.39, 0.29) is 6.04 Å². The van der Waals surface area contributed by atoms with Crippen LogP contribution in [0.25, 0.3) is 22.4 Å². The normalized spacial score (nSPS) is 22.7. The van der Waals surface area contributed by atoms with Crippen LogP contribution < -0.4 is 4.90 Å². The number of rotatable bonds is 3. The van der Waals surface area contributed by atoms with Gasteiger partial charge in [0.15, 0.2) is 9.84 Å². The molecule has 1 aromatic carbocycles. The third kappa shape index (κ3) is 3.38. The minimum Gasteiger partial charge on any atom is -0.354 e. The van der Waals surface area contributed by atoms with Crippen molar-refractivity contribution in [1.82, 2.24) is 19.9 Å². The second-order valence-corrected chi connectivity index (χ2v) is 9.82. The lowest BCUT2D eigenvalue weighted by molar-refractivity contribution is 0.200. The Morgan fingerprint density at radius 3 is 2.54 bits per heavy atom. The van der Waals surface area contributed by atoms with E-state index in [0.717, 1.165) is 60.8 Å². The van der Waals surface area contributed by atoms with Crippen molar-refractivity contribution in [1.29, 1.82) is 0 Å². The third-order valence-corrected chi connectivity index (χ3v) is 7.52. The Morgan fingerprint density at radius 1 is 1.04 bits per heavy atom. The van der Waals surface area contributed by atoms with Gasteiger partial charge in [-0.15, -0.1) is 0 Å². The molecule has 3 aromatic rings. The van der Waals surface area contributed by atoms with E-state index >= 15 is 0 Å². The Hall–Kier alpha value is -2.45. The van der Waals surface area contributed by atoms with E-state index in [1.807, 2.05) is 36.5 Å². The van der Waals surface area contributed by atoms with E-state index in [0.29, 0.717) is 11.5 Å². The van der Waals surface area contributed by atoms with Gasteiger partial charge in [-0.1, -0.05) is 12.1 Å². The molecule has 0 spiro atoms. The molecule has 0 bridgehead atoms. The molecule has 8 heteroatoms. The van der Waals surface area contributed by atoms with Gasteiger partial charge in [0.25, 0.3) is 0 Å². The molecule has 1 atom stereocenters. The van der Waals surface area contributed by atoms with Crippen LogP contribution in [-0.2, 0) is 9.84 Å². The number of imidazole rings is 1. The molecule has 0 aliphatic carbocycles. The van der Waals surface area contributed by atoms with Gasteiger partial charge in [-0.25, -0.2) is 18.4 Å². The molecule has 2 aliphatic heterocycles. The highest BCUT2D eigenvalue weighted by Crippen LogP contribution is 2.24. The van der Waals surface area contributed by atoms with Gasteiger partial charge in [-0.2, -0.15) is 0 Å². The summed E-state index contributed by atoms with van der Waals surface area (Å²) in [5.74, 6) is 2.44. The lowest BCUT2D eigenvalue weighted by Crippen LogP contribution is -2.51. The molecule has 0 amide bonds. The average Bonchev–Trinajstić information content (AvgIpc) is 3.31. The van der Waals surface area contributed by atoms with Crippen molar-refractivity contribution in [2.45, 2.75) is 12.5 Å². The van der Waals surface area contributed by atoms with E-state index in [9.17, 15) is 8.42 Å². The van der Waals surface area contributed by atoms with E-state index in [1.165, 1.54) is 0 Å². The van der Waals surface area contributed by atoms with Crippen molar-refractivity contribution in [3.8, 4) is 11.4 Å². The maximum absolute atomic E-state index is 11.7. The fraction of sp³-hybridized carbons (Fsp3) is 0.400. The van der Waals surface area contributed by atoms with Gasteiger partial charge in [0.05, 0.1) is 22.5 Å². The molecule has 0 saturated carbocycles. The van der Waals surface area contributed by atoms with E-state index in [1.54, 1.807) is 0 Å². The summed E-state index contributed by atoms with van der Waals surface area (Å²) in [6.45, 7) is 3.50. The Balaban J connectivity index is 1.25. The monoisotopic (exact) mass is 397 g/mol. The number of H-pyrrole nitrogens is 1. The first kappa shape index (κ1) is 17.6. The van der Waals surface area contributed by atoms with Gasteiger partial charge in [0.2, 0.25) is 0 Å². The average molecular weight is 398 g/mol. The largest absolute Gasteiger partial charge is 0.354 e. The topological polar surface area (TPSA) is 82.2 Å². The number of sulfone groups is 1. The number of aromatic nitrogens is 3. The predicted octanol–water partition coefficient (Wildman–Crippen LogP) is 1.93. The first-order valence-electron chi connectivity index (χ1n) is 9.68. The van der Waals surface area contributed by atoms with Gasteiger partial charge in [-0.3, -0.25) is 4.90 Å². The summed E-state index contributed by atoms with van der Waals surface area (Å²) in [4.78, 5) is 17.2. The van der Waals surface area contributed by atoms with E-state index < -0.39 is 9.84 Å². The van der Waals surface area contributed by atoms with Crippen molar-refractivity contribution < 1.29 is 8.42 Å². The fourth-order valence-electron chi connectivity index (χ4n) is 4.18. The van der Waals surface area contributed by atoms with Gasteiger partial charge >= 0.3 is 0 Å². The third-order valence-electron chi connectivity index (χ3n) is 5.77. The van der Waals surface area contributed by atoms with Crippen LogP contribution in [0.15, 0.2) is 42.6 Å². The van der Waals surface area contributed by atoms with Crippen molar-refractivity contribution in [2.75, 3.05) is 42.6 Å². The maximum Gasteiger partial charge on any atom is 0.151 e. The molecular weight excluding hydrogens is 374 g/mol. The number of hydrogen-bond donors (Lipinski definition) is 1. The highest BCUT2D eigenvalue weighted by Gasteiger charge is 2.33. The molecule has 146 valence electrons. The van der Waals surface area contributed by atoms with Crippen LogP contribution in [0.3, 0.4) is 0 Å². The SMILES string of the molecule is O=S1(=O)CCC(N2CCN(c3ccc(-c4nc5ccccc5[nH]4)cn3)CC2)C1. The van der Waals surface area contributed by atoms with E-state index in [4.69, 9.17) is 0 Å². The molecule has 1 unspecified atom stereocenters. The summed E-state index contributed by atoms with van der Waals surface area (Å²) in [6, 6.07) is 12.3. The van der Waals surface area contributed by atoms with Gasteiger partial charge in [-0.05, 0) is 30.7 Å². The van der Waals surface area contributed by atoms with Gasteiger partial charge in [0.1, 0.15) is 11.6 Å². The number of aromatic amines is 1. The molecule has 5 rings (SSSR count). The zero-order valence-electron chi connectivity index (χ0n) is 15.6. The Bertz CT molecular complexity index is 1050. The quantitative estimate of drug-likeness (QED) is 0.727. The van der Waals surface area contributed by atoms with Crippen LogP contribution >= 0.6 is 0 Å². The fourth-order valence-corrected chi connectivity index (χ4v) is 5.94. The summed E-state index contributed by atoms with van der Waals surface area (Å²) in [6.07, 6.45) is 2.63. The molecule has 2 aromatic heterocycles. The van der Waals surface area contributed by atoms with Crippen LogP contribution in [0.4, 0.5) is 5.82 Å². The molecular formula is C20H23N5O2S.